The van der Waals surface area contributed by atoms with Crippen molar-refractivity contribution in [2.45, 2.75) is 10.8 Å². The van der Waals surface area contributed by atoms with Gasteiger partial charge in [0.15, 0.2) is 0 Å². The van der Waals surface area contributed by atoms with E-state index in [2.05, 4.69) is 18.2 Å². The van der Waals surface area contributed by atoms with Crippen LogP contribution in [0.1, 0.15) is 33.4 Å². The van der Waals surface area contributed by atoms with E-state index >= 15 is 0 Å². The average molecular weight is 344 g/mol. The molecule has 0 heterocycles. The molecule has 3 aliphatic carbocycles. The molecule has 3 heteroatoms. The zero-order valence-corrected chi connectivity index (χ0v) is 14.3. The van der Waals surface area contributed by atoms with Gasteiger partial charge in [-0.2, -0.15) is 12.6 Å². The summed E-state index contributed by atoms with van der Waals surface area (Å²) in [4.78, 5) is 12.8. The number of carboxylic acid groups (broad SMARTS) is 1. The van der Waals surface area contributed by atoms with Gasteiger partial charge in [-0.05, 0) is 33.4 Å². The molecule has 122 valence electrons. The summed E-state index contributed by atoms with van der Waals surface area (Å²) in [5.41, 5.74) is 4.22. The van der Waals surface area contributed by atoms with Gasteiger partial charge in [-0.25, -0.2) is 0 Å². The van der Waals surface area contributed by atoms with Gasteiger partial charge in [0, 0.05) is 5.75 Å². The van der Waals surface area contributed by atoms with Crippen LogP contribution >= 0.6 is 12.6 Å². The Bertz CT molecular complexity index is 919. The summed E-state index contributed by atoms with van der Waals surface area (Å²) in [5, 5.41) is 10.5. The van der Waals surface area contributed by atoms with Crippen LogP contribution in [0, 0.1) is 0 Å². The third-order valence-electron chi connectivity index (χ3n) is 5.93. The number of hydrogen-bond donors (Lipinski definition) is 2. The molecule has 0 unspecified atom stereocenters. The molecular formula is C22H16O2S. The first-order valence-corrected chi connectivity index (χ1v) is 8.96. The predicted molar refractivity (Wildman–Crippen MR) is 101 cm³/mol. The van der Waals surface area contributed by atoms with Crippen LogP contribution in [-0.4, -0.2) is 16.8 Å². The number of aliphatic carboxylic acids is 1. The lowest BCUT2D eigenvalue weighted by Gasteiger charge is -2.54. The second-order valence-electron chi connectivity index (χ2n) is 6.76. The molecule has 0 spiro atoms. The average Bonchev–Trinajstić information content (AvgIpc) is 2.67. The van der Waals surface area contributed by atoms with Crippen molar-refractivity contribution in [1.29, 1.82) is 0 Å². The number of benzene rings is 3. The number of hydrogen-bond acceptors (Lipinski definition) is 2. The van der Waals surface area contributed by atoms with Gasteiger partial charge in [-0.1, -0.05) is 72.8 Å². The van der Waals surface area contributed by atoms with Crippen molar-refractivity contribution < 1.29 is 9.90 Å². The highest BCUT2D eigenvalue weighted by Crippen LogP contribution is 2.62. The number of rotatable bonds is 2. The topological polar surface area (TPSA) is 37.3 Å². The molecule has 2 nitrogen and oxygen atoms in total. The Hall–Kier alpha value is -2.52. The van der Waals surface area contributed by atoms with Crippen molar-refractivity contribution in [3.8, 4) is 0 Å². The van der Waals surface area contributed by atoms with Crippen molar-refractivity contribution in [3.05, 3.63) is 106 Å². The first-order valence-electron chi connectivity index (χ1n) is 8.33. The van der Waals surface area contributed by atoms with E-state index in [0.717, 1.165) is 33.4 Å². The Labute approximate surface area is 151 Å². The van der Waals surface area contributed by atoms with Crippen molar-refractivity contribution in [2.24, 2.45) is 0 Å². The molecule has 0 saturated heterocycles. The third-order valence-corrected chi connectivity index (χ3v) is 6.40. The van der Waals surface area contributed by atoms with E-state index < -0.39 is 16.8 Å². The second kappa shape index (κ2) is 4.77. The summed E-state index contributed by atoms with van der Waals surface area (Å²) in [6, 6.07) is 23.9. The molecular weight excluding hydrogens is 328 g/mol. The summed E-state index contributed by atoms with van der Waals surface area (Å²) < 4.78 is 0. The third kappa shape index (κ3) is 1.43. The van der Waals surface area contributed by atoms with Crippen LogP contribution in [0.5, 0.6) is 0 Å². The Morgan fingerprint density at radius 3 is 1.32 bits per heavy atom. The standard InChI is InChI=1S/C22H16O2S/c23-20(24)22-17-10-4-1-7-14(17)21(13-25,15-8-2-5-11-18(15)22)16-9-3-6-12-19(16)22/h1-12,25H,13H2,(H,23,24). The van der Waals surface area contributed by atoms with Crippen molar-refractivity contribution in [1.82, 2.24) is 0 Å². The fourth-order valence-corrected chi connectivity index (χ4v) is 5.53. The molecule has 3 aliphatic rings. The normalized spacial score (nSPS) is 25.0. The quantitative estimate of drug-likeness (QED) is 0.690. The molecule has 0 fully saturated rings. The van der Waals surface area contributed by atoms with Gasteiger partial charge < -0.3 is 5.11 Å². The van der Waals surface area contributed by atoms with Gasteiger partial charge in [0.1, 0.15) is 5.41 Å². The Morgan fingerprint density at radius 2 is 1.04 bits per heavy atom. The zero-order chi connectivity index (χ0) is 17.2. The predicted octanol–water partition coefficient (Wildman–Crippen LogP) is 4.00. The van der Waals surface area contributed by atoms with Crippen LogP contribution in [0.25, 0.3) is 0 Å². The van der Waals surface area contributed by atoms with Crippen LogP contribution < -0.4 is 0 Å². The maximum Gasteiger partial charge on any atom is 0.323 e. The van der Waals surface area contributed by atoms with Crippen LogP contribution in [-0.2, 0) is 15.6 Å². The number of carbonyl (C=O) groups is 1. The maximum absolute atomic E-state index is 12.8. The van der Waals surface area contributed by atoms with E-state index in [1.165, 1.54) is 0 Å². The summed E-state index contributed by atoms with van der Waals surface area (Å²) in [6.07, 6.45) is 0. The highest BCUT2D eigenvalue weighted by atomic mass is 32.1. The van der Waals surface area contributed by atoms with Gasteiger partial charge in [0.05, 0.1) is 5.41 Å². The van der Waals surface area contributed by atoms with Gasteiger partial charge in [-0.3, -0.25) is 4.79 Å². The monoisotopic (exact) mass is 344 g/mol. The minimum absolute atomic E-state index is 0.413. The van der Waals surface area contributed by atoms with Crippen LogP contribution in [0.3, 0.4) is 0 Å². The summed E-state index contributed by atoms with van der Waals surface area (Å²) in [7, 11) is 0. The van der Waals surface area contributed by atoms with Crippen LogP contribution in [0.4, 0.5) is 0 Å². The van der Waals surface area contributed by atoms with Gasteiger partial charge in [0.2, 0.25) is 0 Å². The molecule has 0 atom stereocenters. The second-order valence-corrected chi connectivity index (χ2v) is 7.07. The molecule has 0 aromatic heterocycles. The molecule has 25 heavy (non-hydrogen) atoms. The molecule has 6 rings (SSSR count). The van der Waals surface area contributed by atoms with E-state index in [1.807, 2.05) is 54.6 Å². The van der Waals surface area contributed by atoms with E-state index in [9.17, 15) is 9.90 Å². The Morgan fingerprint density at radius 1 is 0.720 bits per heavy atom. The molecule has 0 aliphatic heterocycles. The van der Waals surface area contributed by atoms with Gasteiger partial charge in [-0.15, -0.1) is 0 Å². The molecule has 1 N–H and O–H groups in total. The van der Waals surface area contributed by atoms with Gasteiger partial charge in [0.25, 0.3) is 0 Å². The fourth-order valence-electron chi connectivity index (χ4n) is 5.02. The van der Waals surface area contributed by atoms with Crippen LogP contribution in [0.2, 0.25) is 0 Å². The maximum atomic E-state index is 12.8. The van der Waals surface area contributed by atoms with E-state index in [1.54, 1.807) is 0 Å². The van der Waals surface area contributed by atoms with Crippen molar-refractivity contribution in [2.75, 3.05) is 5.75 Å². The van der Waals surface area contributed by atoms with E-state index in [0.29, 0.717) is 5.75 Å². The molecule has 0 saturated carbocycles. The highest BCUT2D eigenvalue weighted by Gasteiger charge is 2.61. The lowest BCUT2D eigenvalue weighted by Crippen LogP contribution is -2.55. The zero-order valence-electron chi connectivity index (χ0n) is 13.4. The Balaban J connectivity index is 2.10. The lowest BCUT2D eigenvalue weighted by molar-refractivity contribution is -0.141. The van der Waals surface area contributed by atoms with Crippen LogP contribution in [0.15, 0.2) is 72.8 Å². The molecule has 2 bridgehead atoms. The minimum Gasteiger partial charge on any atom is -0.480 e. The van der Waals surface area contributed by atoms with Crippen molar-refractivity contribution in [3.63, 3.8) is 0 Å². The fraction of sp³-hybridized carbons (Fsp3) is 0.136. The SMILES string of the molecule is O=C(O)C12c3ccccc3C(CS)(c3ccccc31)c1ccccc12. The largest absolute Gasteiger partial charge is 0.480 e. The first-order chi connectivity index (χ1) is 12.2. The van der Waals surface area contributed by atoms with Gasteiger partial charge >= 0.3 is 5.97 Å². The smallest absolute Gasteiger partial charge is 0.323 e. The Kier molecular flexibility index (Phi) is 2.82. The summed E-state index contributed by atoms with van der Waals surface area (Å²) in [6.45, 7) is 0. The summed E-state index contributed by atoms with van der Waals surface area (Å²) >= 11 is 4.76. The first kappa shape index (κ1) is 14.8. The van der Waals surface area contributed by atoms with Crippen molar-refractivity contribution >= 4 is 18.6 Å². The number of thiol groups is 1. The highest BCUT2D eigenvalue weighted by molar-refractivity contribution is 7.80. The van der Waals surface area contributed by atoms with E-state index in [-0.39, 0.29) is 0 Å². The molecule has 0 radical (unpaired) electrons. The molecule has 0 amide bonds. The molecule has 3 aromatic rings. The summed E-state index contributed by atoms with van der Waals surface area (Å²) in [5.74, 6) is -0.236. The lowest BCUT2D eigenvalue weighted by atomic mass is 9.47. The minimum atomic E-state index is -1.16. The van der Waals surface area contributed by atoms with E-state index in [4.69, 9.17) is 12.6 Å². The number of carboxylic acids is 1. The molecule has 3 aromatic carbocycles.